The van der Waals surface area contributed by atoms with Crippen molar-refractivity contribution in [3.8, 4) is 11.5 Å². The zero-order valence-electron chi connectivity index (χ0n) is 15.6. The van der Waals surface area contributed by atoms with Gasteiger partial charge >= 0.3 is 18.5 Å². The van der Waals surface area contributed by atoms with Gasteiger partial charge in [0.05, 0.1) is 30.0 Å². The molecule has 0 aliphatic carbocycles. The van der Waals surface area contributed by atoms with E-state index >= 15 is 0 Å². The molecule has 0 bridgehead atoms. The Bertz CT molecular complexity index is 1160. The summed E-state index contributed by atoms with van der Waals surface area (Å²) in [5, 5.41) is 18.7. The van der Waals surface area contributed by atoms with Crippen LogP contribution in [0.1, 0.15) is 18.0 Å². The Morgan fingerprint density at radius 2 is 2.00 bits per heavy atom. The predicted molar refractivity (Wildman–Crippen MR) is 101 cm³/mol. The smallest absolute Gasteiger partial charge is 0.489 e. The van der Waals surface area contributed by atoms with Gasteiger partial charge in [0.15, 0.2) is 11.5 Å². The van der Waals surface area contributed by atoms with E-state index < -0.39 is 30.3 Å². The molecule has 2 aromatic carbocycles. The number of carbonyl (C=O) groups is 2. The van der Waals surface area contributed by atoms with Gasteiger partial charge in [0.25, 0.3) is 0 Å². The van der Waals surface area contributed by atoms with E-state index in [1.54, 1.807) is 18.2 Å². The lowest BCUT2D eigenvalue weighted by molar-refractivity contribution is -0.275. The maximum Gasteiger partial charge on any atom is 0.573 e. The minimum atomic E-state index is -4.88. The topological polar surface area (TPSA) is 115 Å². The Labute approximate surface area is 172 Å². The summed E-state index contributed by atoms with van der Waals surface area (Å²) in [5.74, 6) is -0.566. The SMILES string of the molecule is O=C(Nc1cccc2c1cnn2C(=O)O)NC1CCOc2c(OC(F)(F)F)cccc21. The Balaban J connectivity index is 1.54. The van der Waals surface area contributed by atoms with E-state index in [4.69, 9.17) is 9.84 Å². The number of hydrogen-bond acceptors (Lipinski definition) is 5. The zero-order valence-corrected chi connectivity index (χ0v) is 15.6. The first-order valence-electron chi connectivity index (χ1n) is 9.02. The van der Waals surface area contributed by atoms with Crippen LogP contribution in [-0.2, 0) is 0 Å². The number of hydrogen-bond donors (Lipinski definition) is 3. The number of fused-ring (bicyclic) bond motifs is 2. The fourth-order valence-corrected chi connectivity index (χ4v) is 3.38. The van der Waals surface area contributed by atoms with Gasteiger partial charge in [-0.05, 0) is 18.2 Å². The van der Waals surface area contributed by atoms with Crippen LogP contribution in [0.25, 0.3) is 10.9 Å². The number of halogens is 3. The highest BCUT2D eigenvalue weighted by Gasteiger charge is 2.34. The van der Waals surface area contributed by atoms with Crippen LogP contribution in [-0.4, -0.2) is 40.0 Å². The van der Waals surface area contributed by atoms with Gasteiger partial charge in [-0.3, -0.25) is 0 Å². The van der Waals surface area contributed by atoms with E-state index in [-0.39, 0.29) is 17.9 Å². The van der Waals surface area contributed by atoms with Crippen molar-refractivity contribution in [2.45, 2.75) is 18.8 Å². The van der Waals surface area contributed by atoms with Crippen LogP contribution in [0.15, 0.2) is 42.6 Å². The number of urea groups is 1. The van der Waals surface area contributed by atoms with Crippen LogP contribution in [0, 0.1) is 0 Å². The first kappa shape index (κ1) is 20.3. The maximum atomic E-state index is 12.6. The number of nitrogens with one attached hydrogen (secondary N) is 2. The van der Waals surface area contributed by atoms with Gasteiger partial charge in [0, 0.05) is 17.4 Å². The summed E-state index contributed by atoms with van der Waals surface area (Å²) >= 11 is 0. The van der Waals surface area contributed by atoms with E-state index in [2.05, 4.69) is 20.5 Å². The lowest BCUT2D eigenvalue weighted by Crippen LogP contribution is -2.35. The summed E-state index contributed by atoms with van der Waals surface area (Å²) < 4.78 is 48.0. The summed E-state index contributed by atoms with van der Waals surface area (Å²) in [4.78, 5) is 23.8. The number of carboxylic acid groups (broad SMARTS) is 1. The van der Waals surface area contributed by atoms with E-state index in [9.17, 15) is 22.8 Å². The van der Waals surface area contributed by atoms with E-state index in [1.807, 2.05) is 0 Å². The first-order chi connectivity index (χ1) is 14.7. The minimum Gasteiger partial charge on any atom is -0.489 e. The fraction of sp³-hybridized carbons (Fsp3) is 0.211. The average molecular weight is 436 g/mol. The molecule has 0 radical (unpaired) electrons. The van der Waals surface area contributed by atoms with Crippen LogP contribution < -0.4 is 20.1 Å². The highest BCUT2D eigenvalue weighted by molar-refractivity contribution is 6.02. The fourth-order valence-electron chi connectivity index (χ4n) is 3.38. The lowest BCUT2D eigenvalue weighted by atomic mass is 10.00. The number of alkyl halides is 3. The molecule has 162 valence electrons. The maximum absolute atomic E-state index is 12.6. The van der Waals surface area contributed by atoms with Crippen LogP contribution in [0.5, 0.6) is 11.5 Å². The molecule has 1 aromatic heterocycles. The van der Waals surface area contributed by atoms with Gasteiger partial charge in [-0.25, -0.2) is 9.59 Å². The van der Waals surface area contributed by atoms with Crippen molar-refractivity contribution in [2.75, 3.05) is 11.9 Å². The highest BCUT2D eigenvalue weighted by atomic mass is 19.4. The molecule has 1 aliphatic rings. The number of aromatic nitrogens is 2. The molecule has 3 N–H and O–H groups in total. The van der Waals surface area contributed by atoms with Gasteiger partial charge in [-0.1, -0.05) is 18.2 Å². The quantitative estimate of drug-likeness (QED) is 0.569. The number of amides is 2. The molecule has 31 heavy (non-hydrogen) atoms. The molecule has 0 saturated heterocycles. The molecule has 0 saturated carbocycles. The van der Waals surface area contributed by atoms with Gasteiger partial charge in [0.2, 0.25) is 0 Å². The molecule has 12 heteroatoms. The molecule has 0 spiro atoms. The molecule has 4 rings (SSSR count). The normalized spacial score (nSPS) is 15.6. The number of benzene rings is 2. The average Bonchev–Trinajstić information content (AvgIpc) is 3.13. The second-order valence-electron chi connectivity index (χ2n) is 6.59. The third-order valence-electron chi connectivity index (χ3n) is 4.61. The van der Waals surface area contributed by atoms with Crippen molar-refractivity contribution in [1.82, 2.24) is 15.1 Å². The van der Waals surface area contributed by atoms with Crippen molar-refractivity contribution in [3.63, 3.8) is 0 Å². The van der Waals surface area contributed by atoms with E-state index in [0.29, 0.717) is 23.1 Å². The lowest BCUT2D eigenvalue weighted by Gasteiger charge is -2.28. The number of carbonyl (C=O) groups excluding carboxylic acids is 1. The van der Waals surface area contributed by atoms with Gasteiger partial charge in [-0.15, -0.1) is 13.2 Å². The second-order valence-corrected chi connectivity index (χ2v) is 6.59. The Kier molecular flexibility index (Phi) is 5.05. The van der Waals surface area contributed by atoms with Crippen molar-refractivity contribution >= 4 is 28.7 Å². The highest BCUT2D eigenvalue weighted by Crippen LogP contribution is 2.41. The molecule has 2 amide bonds. The first-order valence-corrected chi connectivity index (χ1v) is 9.02. The molecular weight excluding hydrogens is 421 g/mol. The van der Waals surface area contributed by atoms with Crippen molar-refractivity contribution < 1.29 is 37.3 Å². The van der Waals surface area contributed by atoms with Crippen molar-refractivity contribution in [2.24, 2.45) is 0 Å². The number of ether oxygens (including phenoxy) is 2. The van der Waals surface area contributed by atoms with Gasteiger partial charge < -0.3 is 25.2 Å². The summed E-state index contributed by atoms with van der Waals surface area (Å²) in [7, 11) is 0. The monoisotopic (exact) mass is 436 g/mol. The summed E-state index contributed by atoms with van der Waals surface area (Å²) in [5.41, 5.74) is 0.958. The van der Waals surface area contributed by atoms with E-state index in [0.717, 1.165) is 10.7 Å². The van der Waals surface area contributed by atoms with Gasteiger partial charge in [-0.2, -0.15) is 9.78 Å². The second kappa shape index (κ2) is 7.70. The van der Waals surface area contributed by atoms with Crippen molar-refractivity contribution in [3.05, 3.63) is 48.2 Å². The number of para-hydroxylation sites is 1. The molecule has 1 atom stereocenters. The molecule has 0 fully saturated rings. The van der Waals surface area contributed by atoms with Crippen LogP contribution >= 0.6 is 0 Å². The Morgan fingerprint density at radius 1 is 1.23 bits per heavy atom. The predicted octanol–water partition coefficient (Wildman–Crippen LogP) is 4.11. The van der Waals surface area contributed by atoms with Crippen LogP contribution in [0.2, 0.25) is 0 Å². The summed E-state index contributed by atoms with van der Waals surface area (Å²) in [6.45, 7) is 0.0805. The Morgan fingerprint density at radius 3 is 2.74 bits per heavy atom. The third-order valence-corrected chi connectivity index (χ3v) is 4.61. The van der Waals surface area contributed by atoms with Crippen LogP contribution in [0.4, 0.5) is 28.4 Å². The summed E-state index contributed by atoms with van der Waals surface area (Å²) in [6, 6.07) is 7.47. The van der Waals surface area contributed by atoms with Crippen molar-refractivity contribution in [1.29, 1.82) is 0 Å². The van der Waals surface area contributed by atoms with Crippen LogP contribution in [0.3, 0.4) is 0 Å². The third kappa shape index (κ3) is 4.17. The van der Waals surface area contributed by atoms with E-state index in [1.165, 1.54) is 18.3 Å². The van der Waals surface area contributed by atoms with Gasteiger partial charge in [0.1, 0.15) is 0 Å². The standard InChI is InChI=1S/C19H15F3N4O5/c20-19(21,22)31-15-6-1-3-10-13(7-8-30-16(10)15)25-17(27)24-12-4-2-5-14-11(12)9-23-26(14)18(28)29/h1-6,9,13H,7-8H2,(H,28,29)(H2,24,25,27). The number of rotatable bonds is 3. The molecule has 2 heterocycles. The molecule has 9 nitrogen and oxygen atoms in total. The largest absolute Gasteiger partial charge is 0.573 e. The summed E-state index contributed by atoms with van der Waals surface area (Å²) in [6.07, 6.45) is -4.51. The molecular formula is C19H15F3N4O5. The number of anilines is 1. The minimum absolute atomic E-state index is 0.0805. The molecule has 1 aliphatic heterocycles. The zero-order chi connectivity index (χ0) is 22.2. The molecule has 3 aromatic rings. The number of nitrogens with zero attached hydrogens (tertiary/aromatic N) is 2. The molecule has 1 unspecified atom stereocenters. The Hall–Kier alpha value is -3.96.